The van der Waals surface area contributed by atoms with Gasteiger partial charge in [0.1, 0.15) is 0 Å². The summed E-state index contributed by atoms with van der Waals surface area (Å²) in [4.78, 5) is 8.27. The average molecular weight is 194 g/mol. The smallest absolute Gasteiger partial charge is 0.188 e. The number of fused-ring (bicyclic) bond motifs is 1. The van der Waals surface area contributed by atoms with Crippen LogP contribution in [0.25, 0.3) is 11.0 Å². The zero-order chi connectivity index (χ0) is 9.26. The summed E-state index contributed by atoms with van der Waals surface area (Å²) in [6.07, 6.45) is 2.99. The molecule has 2 aromatic heterocycles. The van der Waals surface area contributed by atoms with E-state index in [4.69, 9.17) is 4.55 Å². The minimum atomic E-state index is -1.99. The highest BCUT2D eigenvalue weighted by Gasteiger charge is 2.02. The van der Waals surface area contributed by atoms with Gasteiger partial charge in [-0.05, 0) is 18.2 Å². The molecule has 0 fully saturated rings. The van der Waals surface area contributed by atoms with E-state index in [2.05, 4.69) is 9.97 Å². The van der Waals surface area contributed by atoms with Gasteiger partial charge in [0, 0.05) is 12.4 Å². The maximum absolute atomic E-state index is 10.7. The van der Waals surface area contributed by atoms with Crippen molar-refractivity contribution in [3.8, 4) is 0 Å². The Balaban J connectivity index is 2.69. The normalized spacial score (nSPS) is 13.0. The lowest BCUT2D eigenvalue weighted by Crippen LogP contribution is -1.91. The SMILES string of the molecule is O=S(O)c1cnc2cccnc2c1. The summed E-state index contributed by atoms with van der Waals surface area (Å²) in [5, 5.41) is 0. The Hall–Kier alpha value is -1.33. The molecule has 0 spiro atoms. The van der Waals surface area contributed by atoms with E-state index in [9.17, 15) is 4.21 Å². The van der Waals surface area contributed by atoms with Crippen LogP contribution in [0.3, 0.4) is 0 Å². The second-order valence-corrected chi connectivity index (χ2v) is 3.43. The molecule has 0 saturated carbocycles. The van der Waals surface area contributed by atoms with Gasteiger partial charge in [-0.25, -0.2) is 4.21 Å². The molecule has 0 amide bonds. The number of aromatic nitrogens is 2. The highest BCUT2D eigenvalue weighted by molar-refractivity contribution is 7.79. The first-order valence-corrected chi connectivity index (χ1v) is 4.70. The molecule has 1 unspecified atom stereocenters. The standard InChI is InChI=1S/C8H6N2O2S/c11-13(12)6-4-8-7(10-5-6)2-1-3-9-8/h1-5H,(H,11,12). The minimum absolute atomic E-state index is 0.270. The van der Waals surface area contributed by atoms with Crippen LogP contribution in [-0.4, -0.2) is 18.7 Å². The van der Waals surface area contributed by atoms with Gasteiger partial charge < -0.3 is 4.55 Å². The van der Waals surface area contributed by atoms with Crippen molar-refractivity contribution in [1.29, 1.82) is 0 Å². The van der Waals surface area contributed by atoms with E-state index in [1.807, 2.05) is 0 Å². The van der Waals surface area contributed by atoms with Gasteiger partial charge in [-0.2, -0.15) is 0 Å². The first-order valence-electron chi connectivity index (χ1n) is 3.59. The molecule has 2 aromatic rings. The first kappa shape index (κ1) is 8.28. The summed E-state index contributed by atoms with van der Waals surface area (Å²) in [5.74, 6) is 0. The van der Waals surface area contributed by atoms with E-state index < -0.39 is 11.1 Å². The van der Waals surface area contributed by atoms with Gasteiger partial charge in [-0.15, -0.1) is 0 Å². The van der Waals surface area contributed by atoms with Gasteiger partial charge in [-0.1, -0.05) is 0 Å². The quantitative estimate of drug-likeness (QED) is 0.693. The molecule has 0 aliphatic rings. The summed E-state index contributed by atoms with van der Waals surface area (Å²) in [5.41, 5.74) is 1.35. The second kappa shape index (κ2) is 3.20. The average Bonchev–Trinajstić information content (AvgIpc) is 2.17. The van der Waals surface area contributed by atoms with Crippen molar-refractivity contribution in [2.75, 3.05) is 0 Å². The minimum Gasteiger partial charge on any atom is -0.302 e. The van der Waals surface area contributed by atoms with Gasteiger partial charge in [0.05, 0.1) is 15.9 Å². The molecule has 5 heteroatoms. The molecular weight excluding hydrogens is 188 g/mol. The molecule has 0 aliphatic carbocycles. The van der Waals surface area contributed by atoms with Crippen LogP contribution in [0, 0.1) is 0 Å². The molecule has 0 saturated heterocycles. The molecule has 2 heterocycles. The van der Waals surface area contributed by atoms with E-state index >= 15 is 0 Å². The van der Waals surface area contributed by atoms with E-state index in [-0.39, 0.29) is 4.90 Å². The number of rotatable bonds is 1. The third-order valence-electron chi connectivity index (χ3n) is 1.63. The summed E-state index contributed by atoms with van der Waals surface area (Å²) in [7, 11) is 0. The lowest BCUT2D eigenvalue weighted by Gasteiger charge is -1.96. The van der Waals surface area contributed by atoms with Crippen LogP contribution in [0.1, 0.15) is 0 Å². The van der Waals surface area contributed by atoms with Crippen LogP contribution in [0.5, 0.6) is 0 Å². The molecule has 4 nitrogen and oxygen atoms in total. The number of pyridine rings is 2. The largest absolute Gasteiger partial charge is 0.302 e. The summed E-state index contributed by atoms with van der Waals surface area (Å²) < 4.78 is 19.5. The number of hydrogen-bond donors (Lipinski definition) is 1. The fraction of sp³-hybridized carbons (Fsp3) is 0. The van der Waals surface area contributed by atoms with Crippen molar-refractivity contribution < 1.29 is 8.76 Å². The Labute approximate surface area is 76.9 Å². The highest BCUT2D eigenvalue weighted by Crippen LogP contribution is 2.11. The van der Waals surface area contributed by atoms with Crippen molar-refractivity contribution in [2.24, 2.45) is 0 Å². The molecule has 1 N–H and O–H groups in total. The second-order valence-electron chi connectivity index (χ2n) is 2.46. The fourth-order valence-electron chi connectivity index (χ4n) is 1.03. The molecule has 0 aliphatic heterocycles. The number of hydrogen-bond acceptors (Lipinski definition) is 3. The molecule has 0 radical (unpaired) electrons. The van der Waals surface area contributed by atoms with E-state index in [1.54, 1.807) is 24.4 Å². The topological polar surface area (TPSA) is 63.1 Å². The lowest BCUT2D eigenvalue weighted by atomic mass is 10.3. The zero-order valence-electron chi connectivity index (χ0n) is 6.54. The molecule has 13 heavy (non-hydrogen) atoms. The highest BCUT2D eigenvalue weighted by atomic mass is 32.2. The lowest BCUT2D eigenvalue weighted by molar-refractivity contribution is 0.564. The van der Waals surface area contributed by atoms with Crippen molar-refractivity contribution in [2.45, 2.75) is 4.90 Å². The Kier molecular flexibility index (Phi) is 2.03. The fourth-order valence-corrected chi connectivity index (χ4v) is 1.39. The molecule has 66 valence electrons. The van der Waals surface area contributed by atoms with Crippen LogP contribution >= 0.6 is 0 Å². The van der Waals surface area contributed by atoms with Gasteiger partial charge in [-0.3, -0.25) is 9.97 Å². The van der Waals surface area contributed by atoms with Crippen LogP contribution < -0.4 is 0 Å². The Morgan fingerprint density at radius 1 is 1.31 bits per heavy atom. The molecule has 0 aromatic carbocycles. The van der Waals surface area contributed by atoms with Crippen molar-refractivity contribution in [1.82, 2.24) is 9.97 Å². The Morgan fingerprint density at radius 3 is 2.92 bits per heavy atom. The van der Waals surface area contributed by atoms with Crippen LogP contribution in [0.15, 0.2) is 35.5 Å². The maximum Gasteiger partial charge on any atom is 0.188 e. The maximum atomic E-state index is 10.7. The summed E-state index contributed by atoms with van der Waals surface area (Å²) in [6.45, 7) is 0. The van der Waals surface area contributed by atoms with Crippen molar-refractivity contribution in [3.63, 3.8) is 0 Å². The third-order valence-corrected chi connectivity index (χ3v) is 2.25. The van der Waals surface area contributed by atoms with Crippen LogP contribution in [-0.2, 0) is 11.1 Å². The molecular formula is C8H6N2O2S. The zero-order valence-corrected chi connectivity index (χ0v) is 7.36. The summed E-state index contributed by atoms with van der Waals surface area (Å²) >= 11 is -1.99. The monoisotopic (exact) mass is 194 g/mol. The van der Waals surface area contributed by atoms with Gasteiger partial charge in [0.25, 0.3) is 0 Å². The molecule has 0 bridgehead atoms. The van der Waals surface area contributed by atoms with E-state index in [1.165, 1.54) is 6.20 Å². The van der Waals surface area contributed by atoms with Crippen molar-refractivity contribution in [3.05, 3.63) is 30.6 Å². The van der Waals surface area contributed by atoms with Crippen LogP contribution in [0.2, 0.25) is 0 Å². The summed E-state index contributed by atoms with van der Waals surface area (Å²) in [6, 6.07) is 5.12. The molecule has 2 rings (SSSR count). The van der Waals surface area contributed by atoms with E-state index in [0.717, 1.165) is 5.52 Å². The number of nitrogens with zero attached hydrogens (tertiary/aromatic N) is 2. The van der Waals surface area contributed by atoms with Crippen LogP contribution in [0.4, 0.5) is 0 Å². The van der Waals surface area contributed by atoms with Gasteiger partial charge in [0.15, 0.2) is 11.1 Å². The predicted molar refractivity (Wildman–Crippen MR) is 48.6 cm³/mol. The first-order chi connectivity index (χ1) is 6.27. The van der Waals surface area contributed by atoms with E-state index in [0.29, 0.717) is 5.52 Å². The van der Waals surface area contributed by atoms with Crippen molar-refractivity contribution >= 4 is 22.1 Å². The van der Waals surface area contributed by atoms with Gasteiger partial charge in [0.2, 0.25) is 0 Å². The third kappa shape index (κ3) is 1.56. The van der Waals surface area contributed by atoms with Gasteiger partial charge >= 0.3 is 0 Å². The predicted octanol–water partition coefficient (Wildman–Crippen LogP) is 1.21. The Bertz CT molecular complexity index is 472. The Morgan fingerprint density at radius 2 is 2.15 bits per heavy atom. The molecule has 1 atom stereocenters.